The molecule has 0 amide bonds. The van der Waals surface area contributed by atoms with E-state index in [4.69, 9.17) is 0 Å². The molecule has 0 atom stereocenters. The Hall–Kier alpha value is -2.55. The highest BCUT2D eigenvalue weighted by molar-refractivity contribution is 6.05. The first-order valence-corrected chi connectivity index (χ1v) is 7.11. The topological polar surface area (TPSA) is 42.9 Å². The lowest BCUT2D eigenvalue weighted by Crippen LogP contribution is -2.02. The van der Waals surface area contributed by atoms with E-state index in [1.165, 1.54) is 5.56 Å². The summed E-state index contributed by atoms with van der Waals surface area (Å²) in [6.07, 6.45) is 5.57. The Balaban J connectivity index is 1.70. The molecular weight excluding hydrogens is 260 g/mol. The van der Waals surface area contributed by atoms with Gasteiger partial charge in [-0.15, -0.1) is 0 Å². The zero-order valence-electron chi connectivity index (χ0n) is 11.7. The van der Waals surface area contributed by atoms with Gasteiger partial charge in [0.15, 0.2) is 5.78 Å². The van der Waals surface area contributed by atoms with Crippen molar-refractivity contribution in [1.82, 2.24) is 9.97 Å². The van der Waals surface area contributed by atoms with E-state index in [1.54, 1.807) is 12.4 Å². The van der Waals surface area contributed by atoms with Gasteiger partial charge in [0.25, 0.3) is 0 Å². The van der Waals surface area contributed by atoms with Gasteiger partial charge in [-0.05, 0) is 30.5 Å². The predicted octanol–water partition coefficient (Wildman–Crippen LogP) is 3.84. The molecule has 3 aromatic rings. The van der Waals surface area contributed by atoms with Crippen LogP contribution in [0.1, 0.15) is 28.8 Å². The molecule has 3 heteroatoms. The summed E-state index contributed by atoms with van der Waals surface area (Å²) < 4.78 is 0. The fourth-order valence-corrected chi connectivity index (χ4v) is 2.45. The smallest absolute Gasteiger partial charge is 0.165 e. The fourth-order valence-electron chi connectivity index (χ4n) is 2.45. The summed E-state index contributed by atoms with van der Waals surface area (Å²) in [6.45, 7) is 0. The van der Waals surface area contributed by atoms with Gasteiger partial charge < -0.3 is 0 Å². The zero-order valence-corrected chi connectivity index (χ0v) is 11.7. The molecule has 1 aromatic heterocycles. The van der Waals surface area contributed by atoms with Crippen LogP contribution in [-0.2, 0) is 6.42 Å². The summed E-state index contributed by atoms with van der Waals surface area (Å²) in [5.41, 5.74) is 3.41. The van der Waals surface area contributed by atoms with Crippen LogP contribution in [0.5, 0.6) is 0 Å². The van der Waals surface area contributed by atoms with Crippen LogP contribution in [0.15, 0.2) is 60.9 Å². The molecule has 0 saturated carbocycles. The molecule has 2 aromatic carbocycles. The summed E-state index contributed by atoms with van der Waals surface area (Å²) >= 11 is 0. The summed E-state index contributed by atoms with van der Waals surface area (Å²) in [7, 11) is 0. The Kier molecular flexibility index (Phi) is 4.01. The summed E-state index contributed by atoms with van der Waals surface area (Å²) in [5.74, 6) is 0.136. The maximum atomic E-state index is 12.4. The van der Waals surface area contributed by atoms with Crippen LogP contribution in [0.2, 0.25) is 0 Å². The minimum Gasteiger partial charge on any atom is -0.294 e. The number of ketones is 1. The van der Waals surface area contributed by atoms with Crippen molar-refractivity contribution >= 4 is 16.8 Å². The Morgan fingerprint density at radius 3 is 2.57 bits per heavy atom. The molecule has 0 aliphatic rings. The average molecular weight is 276 g/mol. The lowest BCUT2D eigenvalue weighted by Gasteiger charge is -2.04. The number of aryl methyl sites for hydroxylation is 1. The van der Waals surface area contributed by atoms with Gasteiger partial charge in [-0.25, -0.2) is 0 Å². The highest BCUT2D eigenvalue weighted by atomic mass is 16.1. The van der Waals surface area contributed by atoms with Crippen molar-refractivity contribution in [3.63, 3.8) is 0 Å². The molecular formula is C18H16N2O. The Morgan fingerprint density at radius 2 is 1.71 bits per heavy atom. The number of fused-ring (bicyclic) bond motifs is 1. The van der Waals surface area contributed by atoms with Gasteiger partial charge in [0.05, 0.1) is 11.0 Å². The van der Waals surface area contributed by atoms with E-state index >= 15 is 0 Å². The molecule has 0 aliphatic carbocycles. The largest absolute Gasteiger partial charge is 0.294 e. The van der Waals surface area contributed by atoms with Crippen molar-refractivity contribution in [3.8, 4) is 0 Å². The summed E-state index contributed by atoms with van der Waals surface area (Å²) in [6, 6.07) is 15.8. The number of hydrogen-bond donors (Lipinski definition) is 0. The van der Waals surface area contributed by atoms with Gasteiger partial charge in [0.2, 0.25) is 0 Å². The quantitative estimate of drug-likeness (QED) is 0.665. The summed E-state index contributed by atoms with van der Waals surface area (Å²) in [4.78, 5) is 20.9. The number of carbonyl (C=O) groups excluding carboxylic acids is 1. The number of aromatic nitrogens is 2. The number of hydrogen-bond acceptors (Lipinski definition) is 3. The van der Waals surface area contributed by atoms with Crippen molar-refractivity contribution in [2.75, 3.05) is 0 Å². The molecule has 0 spiro atoms. The highest BCUT2D eigenvalue weighted by Crippen LogP contribution is 2.17. The molecule has 3 rings (SSSR count). The van der Waals surface area contributed by atoms with Crippen LogP contribution in [0, 0.1) is 0 Å². The Labute approximate surface area is 123 Å². The second kappa shape index (κ2) is 6.27. The first kappa shape index (κ1) is 13.4. The first-order chi connectivity index (χ1) is 10.3. The first-order valence-electron chi connectivity index (χ1n) is 7.11. The molecule has 0 unspecified atom stereocenters. The number of carbonyl (C=O) groups is 1. The number of Topliss-reactive ketones (excluding diaryl/α,β-unsaturated/α-hetero) is 1. The van der Waals surface area contributed by atoms with Gasteiger partial charge in [-0.2, -0.15) is 0 Å². The molecule has 1 heterocycles. The number of rotatable bonds is 5. The fraction of sp³-hybridized carbons (Fsp3) is 0.167. The van der Waals surface area contributed by atoms with Gasteiger partial charge in [0, 0.05) is 24.4 Å². The van der Waals surface area contributed by atoms with Crippen LogP contribution >= 0.6 is 0 Å². The third kappa shape index (κ3) is 3.14. The lowest BCUT2D eigenvalue weighted by atomic mass is 10.0. The molecule has 104 valence electrons. The standard InChI is InChI=1S/C18H16N2O/c21-17(11-4-8-14-6-2-1-3-7-14)15-9-5-10-16-18(15)20-13-12-19-16/h1-3,5-7,9-10,12-13H,4,8,11H2. The van der Waals surface area contributed by atoms with E-state index in [0.717, 1.165) is 18.4 Å². The molecule has 0 bridgehead atoms. The molecule has 3 nitrogen and oxygen atoms in total. The molecule has 0 saturated heterocycles. The number of nitrogens with zero attached hydrogens (tertiary/aromatic N) is 2. The van der Waals surface area contributed by atoms with Gasteiger partial charge in [-0.1, -0.05) is 36.4 Å². The molecule has 0 aliphatic heterocycles. The minimum atomic E-state index is 0.136. The van der Waals surface area contributed by atoms with Gasteiger partial charge >= 0.3 is 0 Å². The lowest BCUT2D eigenvalue weighted by molar-refractivity contribution is 0.0981. The molecule has 0 N–H and O–H groups in total. The van der Waals surface area contributed by atoms with Crippen LogP contribution in [0.3, 0.4) is 0 Å². The van der Waals surface area contributed by atoms with E-state index in [2.05, 4.69) is 22.1 Å². The predicted molar refractivity (Wildman–Crippen MR) is 83.2 cm³/mol. The van der Waals surface area contributed by atoms with Gasteiger partial charge in [-0.3, -0.25) is 14.8 Å². The third-order valence-corrected chi connectivity index (χ3v) is 3.51. The van der Waals surface area contributed by atoms with E-state index in [9.17, 15) is 4.79 Å². The van der Waals surface area contributed by atoms with E-state index < -0.39 is 0 Å². The van der Waals surface area contributed by atoms with Crippen molar-refractivity contribution in [2.45, 2.75) is 19.3 Å². The van der Waals surface area contributed by atoms with Gasteiger partial charge in [0.1, 0.15) is 0 Å². The second-order valence-corrected chi connectivity index (χ2v) is 4.99. The molecule has 21 heavy (non-hydrogen) atoms. The van der Waals surface area contributed by atoms with Crippen LogP contribution in [0.4, 0.5) is 0 Å². The highest BCUT2D eigenvalue weighted by Gasteiger charge is 2.11. The summed E-state index contributed by atoms with van der Waals surface area (Å²) in [5, 5.41) is 0. The maximum Gasteiger partial charge on any atom is 0.165 e. The van der Waals surface area contributed by atoms with E-state index in [0.29, 0.717) is 17.5 Å². The van der Waals surface area contributed by atoms with Crippen LogP contribution in [-0.4, -0.2) is 15.8 Å². The minimum absolute atomic E-state index is 0.136. The van der Waals surface area contributed by atoms with Crippen molar-refractivity contribution in [1.29, 1.82) is 0 Å². The SMILES string of the molecule is O=C(CCCc1ccccc1)c1cccc2nccnc12. The van der Waals surface area contributed by atoms with Crippen molar-refractivity contribution in [3.05, 3.63) is 72.1 Å². The van der Waals surface area contributed by atoms with Crippen molar-refractivity contribution in [2.24, 2.45) is 0 Å². The average Bonchev–Trinajstić information content (AvgIpc) is 2.55. The van der Waals surface area contributed by atoms with Crippen LogP contribution < -0.4 is 0 Å². The maximum absolute atomic E-state index is 12.4. The number of benzene rings is 2. The van der Waals surface area contributed by atoms with E-state index in [-0.39, 0.29) is 5.78 Å². The second-order valence-electron chi connectivity index (χ2n) is 4.99. The van der Waals surface area contributed by atoms with Crippen LogP contribution in [0.25, 0.3) is 11.0 Å². The molecule has 0 fully saturated rings. The van der Waals surface area contributed by atoms with E-state index in [1.807, 2.05) is 36.4 Å². The Bertz CT molecular complexity index is 748. The normalized spacial score (nSPS) is 10.7. The molecule has 0 radical (unpaired) electrons. The Morgan fingerprint density at radius 1 is 0.905 bits per heavy atom. The zero-order chi connectivity index (χ0) is 14.5. The van der Waals surface area contributed by atoms with Crippen molar-refractivity contribution < 1.29 is 4.79 Å². The number of para-hydroxylation sites is 1. The monoisotopic (exact) mass is 276 g/mol. The third-order valence-electron chi connectivity index (χ3n) is 3.51.